The second-order valence-corrected chi connectivity index (χ2v) is 4.60. The summed E-state index contributed by atoms with van der Waals surface area (Å²) in [4.78, 5) is 22.4. The summed E-state index contributed by atoms with van der Waals surface area (Å²) in [6.45, 7) is 8.50. The maximum atomic E-state index is 11.5. The van der Waals surface area contributed by atoms with Gasteiger partial charge in [0.15, 0.2) is 0 Å². The molecule has 0 rings (SSSR count). The molecule has 18 heavy (non-hydrogen) atoms. The number of aliphatic carboxylic acids is 1. The topological polar surface area (TPSA) is 87.7 Å². The van der Waals surface area contributed by atoms with Gasteiger partial charge in [-0.25, -0.2) is 4.79 Å². The Morgan fingerprint density at radius 3 is 2.33 bits per heavy atom. The number of rotatable bonds is 8. The van der Waals surface area contributed by atoms with Gasteiger partial charge in [-0.2, -0.15) is 0 Å². The molecule has 0 saturated heterocycles. The average Bonchev–Trinajstić information content (AvgIpc) is 2.25. The molecule has 6 heteroatoms. The zero-order valence-corrected chi connectivity index (χ0v) is 11.5. The van der Waals surface area contributed by atoms with Crippen molar-refractivity contribution in [3.8, 4) is 0 Å². The predicted octanol–water partition coefficient (Wildman–Crippen LogP) is 1.07. The van der Waals surface area contributed by atoms with Crippen LogP contribution < -0.4 is 10.6 Å². The first-order valence-electron chi connectivity index (χ1n) is 6.23. The number of carbonyl (C=O) groups is 2. The molecule has 0 aromatic heterocycles. The van der Waals surface area contributed by atoms with Crippen LogP contribution in [0.1, 0.15) is 27.7 Å². The quantitative estimate of drug-likeness (QED) is 0.609. The Balaban J connectivity index is 3.98. The number of carboxylic acids is 1. The molecule has 2 atom stereocenters. The van der Waals surface area contributed by atoms with Gasteiger partial charge in [0, 0.05) is 13.2 Å². The van der Waals surface area contributed by atoms with Crippen molar-refractivity contribution in [1.29, 1.82) is 0 Å². The Kier molecular flexibility index (Phi) is 8.11. The second-order valence-electron chi connectivity index (χ2n) is 4.60. The molecular weight excluding hydrogens is 236 g/mol. The number of hydrogen-bond acceptors (Lipinski definition) is 3. The van der Waals surface area contributed by atoms with Crippen molar-refractivity contribution < 1.29 is 19.4 Å². The molecule has 2 unspecified atom stereocenters. The van der Waals surface area contributed by atoms with Gasteiger partial charge in [-0.15, -0.1) is 0 Å². The Morgan fingerprint density at radius 2 is 1.89 bits per heavy atom. The molecule has 0 saturated carbocycles. The van der Waals surface area contributed by atoms with Crippen LogP contribution in [0.5, 0.6) is 0 Å². The van der Waals surface area contributed by atoms with E-state index in [9.17, 15) is 9.59 Å². The van der Waals surface area contributed by atoms with Crippen molar-refractivity contribution in [2.75, 3.05) is 19.8 Å². The van der Waals surface area contributed by atoms with Crippen LogP contribution in [0.4, 0.5) is 4.79 Å². The Bertz CT molecular complexity index is 269. The lowest BCUT2D eigenvalue weighted by molar-refractivity contribution is -0.142. The summed E-state index contributed by atoms with van der Waals surface area (Å²) in [7, 11) is 0. The monoisotopic (exact) mass is 260 g/mol. The van der Waals surface area contributed by atoms with E-state index in [1.54, 1.807) is 0 Å². The van der Waals surface area contributed by atoms with Crippen LogP contribution in [0.25, 0.3) is 0 Å². The number of nitrogens with one attached hydrogen (secondary N) is 2. The lowest BCUT2D eigenvalue weighted by atomic mass is 9.96. The molecule has 0 aliphatic heterocycles. The van der Waals surface area contributed by atoms with Crippen molar-refractivity contribution in [1.82, 2.24) is 10.6 Å². The molecule has 2 amide bonds. The highest BCUT2D eigenvalue weighted by atomic mass is 16.5. The van der Waals surface area contributed by atoms with E-state index in [1.807, 2.05) is 27.7 Å². The van der Waals surface area contributed by atoms with Gasteiger partial charge in [0.25, 0.3) is 0 Å². The van der Waals surface area contributed by atoms with Gasteiger partial charge in [0.05, 0.1) is 18.6 Å². The molecule has 0 aliphatic carbocycles. The van der Waals surface area contributed by atoms with E-state index in [0.29, 0.717) is 13.2 Å². The molecule has 0 aromatic carbocycles. The van der Waals surface area contributed by atoms with Crippen molar-refractivity contribution in [2.45, 2.75) is 33.7 Å². The van der Waals surface area contributed by atoms with Crippen LogP contribution in [0.15, 0.2) is 0 Å². The molecule has 0 spiro atoms. The van der Waals surface area contributed by atoms with Gasteiger partial charge < -0.3 is 20.5 Å². The normalized spacial score (nSPS) is 14.1. The van der Waals surface area contributed by atoms with Crippen LogP contribution in [-0.2, 0) is 9.53 Å². The lowest BCUT2D eigenvalue weighted by Crippen LogP contribution is -2.45. The van der Waals surface area contributed by atoms with Crippen molar-refractivity contribution >= 4 is 12.0 Å². The van der Waals surface area contributed by atoms with Crippen LogP contribution in [-0.4, -0.2) is 42.9 Å². The molecule has 0 aliphatic rings. The zero-order chi connectivity index (χ0) is 14.1. The molecule has 0 bridgehead atoms. The predicted molar refractivity (Wildman–Crippen MR) is 68.5 cm³/mol. The fourth-order valence-electron chi connectivity index (χ4n) is 1.42. The van der Waals surface area contributed by atoms with Crippen molar-refractivity contribution in [3.63, 3.8) is 0 Å². The minimum Gasteiger partial charge on any atom is -0.481 e. The standard InChI is InChI=1S/C12H24N2O4/c1-5-18-7-9(4)14-12(17)13-6-10(8(2)3)11(15)16/h8-10H,5-7H2,1-4H3,(H,15,16)(H2,13,14,17). The molecular formula is C12H24N2O4. The largest absolute Gasteiger partial charge is 0.481 e. The number of ether oxygens (including phenoxy) is 1. The van der Waals surface area contributed by atoms with E-state index < -0.39 is 11.9 Å². The third-order valence-electron chi connectivity index (χ3n) is 2.55. The number of hydrogen-bond donors (Lipinski definition) is 3. The first kappa shape index (κ1) is 16.7. The van der Waals surface area contributed by atoms with Gasteiger partial charge >= 0.3 is 12.0 Å². The summed E-state index contributed by atoms with van der Waals surface area (Å²) >= 11 is 0. The molecule has 0 heterocycles. The van der Waals surface area contributed by atoms with E-state index in [2.05, 4.69) is 10.6 Å². The van der Waals surface area contributed by atoms with Gasteiger partial charge in [-0.3, -0.25) is 4.79 Å². The summed E-state index contributed by atoms with van der Waals surface area (Å²) < 4.78 is 5.16. The molecule has 3 N–H and O–H groups in total. The fraction of sp³-hybridized carbons (Fsp3) is 0.833. The first-order chi connectivity index (χ1) is 8.38. The van der Waals surface area contributed by atoms with Crippen molar-refractivity contribution in [2.24, 2.45) is 11.8 Å². The van der Waals surface area contributed by atoms with Crippen molar-refractivity contribution in [3.05, 3.63) is 0 Å². The number of amides is 2. The number of carbonyl (C=O) groups excluding carboxylic acids is 1. The summed E-state index contributed by atoms with van der Waals surface area (Å²) in [6.07, 6.45) is 0. The highest BCUT2D eigenvalue weighted by molar-refractivity contribution is 5.76. The third kappa shape index (κ3) is 7.11. The minimum absolute atomic E-state index is 0.0244. The maximum absolute atomic E-state index is 11.5. The summed E-state index contributed by atoms with van der Waals surface area (Å²) in [6, 6.07) is -0.471. The van der Waals surface area contributed by atoms with E-state index in [4.69, 9.17) is 9.84 Å². The van der Waals surface area contributed by atoms with Gasteiger partial charge in [0.1, 0.15) is 0 Å². The van der Waals surface area contributed by atoms with E-state index >= 15 is 0 Å². The summed E-state index contributed by atoms with van der Waals surface area (Å²) in [5, 5.41) is 14.2. The van der Waals surface area contributed by atoms with E-state index in [-0.39, 0.29) is 24.5 Å². The van der Waals surface area contributed by atoms with Crippen LogP contribution in [0.3, 0.4) is 0 Å². The highest BCUT2D eigenvalue weighted by Crippen LogP contribution is 2.09. The molecule has 106 valence electrons. The Morgan fingerprint density at radius 1 is 1.28 bits per heavy atom. The smallest absolute Gasteiger partial charge is 0.315 e. The lowest BCUT2D eigenvalue weighted by Gasteiger charge is -2.18. The first-order valence-corrected chi connectivity index (χ1v) is 6.23. The van der Waals surface area contributed by atoms with E-state index in [1.165, 1.54) is 0 Å². The highest BCUT2D eigenvalue weighted by Gasteiger charge is 2.22. The molecule has 0 fully saturated rings. The average molecular weight is 260 g/mol. The van der Waals surface area contributed by atoms with Crippen LogP contribution >= 0.6 is 0 Å². The Labute approximate surface area is 108 Å². The minimum atomic E-state index is -0.896. The fourth-order valence-corrected chi connectivity index (χ4v) is 1.42. The number of carboxylic acid groups (broad SMARTS) is 1. The second kappa shape index (κ2) is 8.74. The van der Waals surface area contributed by atoms with Gasteiger partial charge in [-0.1, -0.05) is 13.8 Å². The third-order valence-corrected chi connectivity index (χ3v) is 2.55. The van der Waals surface area contributed by atoms with Crippen LogP contribution in [0.2, 0.25) is 0 Å². The molecule has 0 radical (unpaired) electrons. The van der Waals surface area contributed by atoms with E-state index in [0.717, 1.165) is 0 Å². The Hall–Kier alpha value is -1.30. The van der Waals surface area contributed by atoms with Gasteiger partial charge in [0.2, 0.25) is 0 Å². The molecule has 6 nitrogen and oxygen atoms in total. The van der Waals surface area contributed by atoms with Gasteiger partial charge in [-0.05, 0) is 19.8 Å². The number of urea groups is 1. The zero-order valence-electron chi connectivity index (χ0n) is 11.5. The maximum Gasteiger partial charge on any atom is 0.315 e. The van der Waals surface area contributed by atoms with Crippen LogP contribution in [0, 0.1) is 11.8 Å². The summed E-state index contributed by atoms with van der Waals surface area (Å²) in [5.74, 6) is -1.49. The summed E-state index contributed by atoms with van der Waals surface area (Å²) in [5.41, 5.74) is 0. The molecule has 0 aromatic rings. The SMILES string of the molecule is CCOCC(C)NC(=O)NCC(C(=O)O)C(C)C.